The third-order valence-corrected chi connectivity index (χ3v) is 3.30. The van der Waals surface area contributed by atoms with Gasteiger partial charge in [0.25, 0.3) is 0 Å². The van der Waals surface area contributed by atoms with Gasteiger partial charge in [-0.2, -0.15) is 4.80 Å². The van der Waals surface area contributed by atoms with Gasteiger partial charge >= 0.3 is 0 Å². The molecule has 0 aliphatic rings. The lowest BCUT2D eigenvalue weighted by Gasteiger charge is -1.99. The molecule has 0 radical (unpaired) electrons. The minimum absolute atomic E-state index is 0.553. The highest BCUT2D eigenvalue weighted by Gasteiger charge is 2.06. The molecule has 0 amide bonds. The predicted octanol–water partition coefficient (Wildman–Crippen LogP) is 3.70. The van der Waals surface area contributed by atoms with Crippen LogP contribution in [0.1, 0.15) is 5.56 Å². The molecular weight excluding hydrogens is 295 g/mol. The fourth-order valence-corrected chi connectivity index (χ4v) is 2.03. The van der Waals surface area contributed by atoms with Crippen LogP contribution in [0.3, 0.4) is 0 Å². The topological polar surface area (TPSA) is 43.6 Å². The van der Waals surface area contributed by atoms with Gasteiger partial charge in [0, 0.05) is 15.6 Å². The van der Waals surface area contributed by atoms with Crippen molar-refractivity contribution in [2.24, 2.45) is 0 Å². The molecule has 3 aromatic rings. The van der Waals surface area contributed by atoms with E-state index < -0.39 is 0 Å². The normalized spacial score (nSPS) is 10.7. The minimum Gasteiger partial charge on any atom is -0.159 e. The van der Waals surface area contributed by atoms with Crippen LogP contribution >= 0.6 is 23.2 Å². The zero-order valence-electron chi connectivity index (χ0n) is 10.4. The summed E-state index contributed by atoms with van der Waals surface area (Å²) in [5.41, 5.74) is 1.95. The summed E-state index contributed by atoms with van der Waals surface area (Å²) >= 11 is 11.7. The van der Waals surface area contributed by atoms with E-state index in [0.717, 1.165) is 11.1 Å². The first-order valence-electron chi connectivity index (χ1n) is 5.99. The van der Waals surface area contributed by atoms with Crippen LogP contribution in [0.15, 0.2) is 48.5 Å². The fraction of sp³-hybridized carbons (Fsp3) is 0.0714. The molecule has 4 nitrogen and oxygen atoms in total. The van der Waals surface area contributed by atoms with Crippen molar-refractivity contribution in [3.8, 4) is 11.4 Å². The Morgan fingerprint density at radius 3 is 2.10 bits per heavy atom. The lowest BCUT2D eigenvalue weighted by molar-refractivity contribution is 0.573. The number of halogens is 2. The summed E-state index contributed by atoms with van der Waals surface area (Å²) in [7, 11) is 0. The van der Waals surface area contributed by atoms with E-state index in [9.17, 15) is 0 Å². The van der Waals surface area contributed by atoms with E-state index in [-0.39, 0.29) is 0 Å². The number of benzene rings is 2. The molecule has 3 rings (SSSR count). The van der Waals surface area contributed by atoms with Gasteiger partial charge < -0.3 is 0 Å². The first-order chi connectivity index (χ1) is 9.70. The quantitative estimate of drug-likeness (QED) is 0.741. The Kier molecular flexibility index (Phi) is 3.67. The minimum atomic E-state index is 0.553. The van der Waals surface area contributed by atoms with Gasteiger partial charge in [-0.05, 0) is 47.2 Å². The molecule has 20 heavy (non-hydrogen) atoms. The number of nitrogens with zero attached hydrogens (tertiary/aromatic N) is 4. The highest BCUT2D eigenvalue weighted by molar-refractivity contribution is 6.30. The number of hydrogen-bond acceptors (Lipinski definition) is 3. The summed E-state index contributed by atoms with van der Waals surface area (Å²) in [6, 6.07) is 14.9. The van der Waals surface area contributed by atoms with Crippen LogP contribution in [-0.2, 0) is 6.54 Å². The molecule has 0 bridgehead atoms. The molecule has 1 heterocycles. The van der Waals surface area contributed by atoms with Crippen LogP contribution in [-0.4, -0.2) is 20.2 Å². The van der Waals surface area contributed by atoms with Crippen molar-refractivity contribution in [3.63, 3.8) is 0 Å². The molecule has 2 aromatic carbocycles. The first-order valence-corrected chi connectivity index (χ1v) is 6.74. The zero-order chi connectivity index (χ0) is 13.9. The van der Waals surface area contributed by atoms with Crippen molar-refractivity contribution in [2.75, 3.05) is 0 Å². The van der Waals surface area contributed by atoms with Gasteiger partial charge in [0.1, 0.15) is 0 Å². The van der Waals surface area contributed by atoms with E-state index in [0.29, 0.717) is 22.4 Å². The van der Waals surface area contributed by atoms with Crippen LogP contribution < -0.4 is 0 Å². The van der Waals surface area contributed by atoms with Crippen LogP contribution in [0.4, 0.5) is 0 Å². The van der Waals surface area contributed by atoms with Crippen molar-refractivity contribution in [1.82, 2.24) is 20.2 Å². The van der Waals surface area contributed by atoms with Gasteiger partial charge in [-0.25, -0.2) is 0 Å². The third kappa shape index (κ3) is 2.98. The molecule has 6 heteroatoms. The van der Waals surface area contributed by atoms with E-state index in [1.165, 1.54) is 0 Å². The molecule has 0 N–H and O–H groups in total. The fourth-order valence-electron chi connectivity index (χ4n) is 1.78. The molecule has 0 aliphatic carbocycles. The van der Waals surface area contributed by atoms with Gasteiger partial charge in [0.2, 0.25) is 5.82 Å². The van der Waals surface area contributed by atoms with Crippen molar-refractivity contribution in [1.29, 1.82) is 0 Å². The maximum atomic E-state index is 5.85. The van der Waals surface area contributed by atoms with Crippen LogP contribution in [0.2, 0.25) is 10.0 Å². The first kappa shape index (κ1) is 13.1. The summed E-state index contributed by atoms with van der Waals surface area (Å²) in [6.07, 6.45) is 0. The Balaban J connectivity index is 1.80. The molecule has 1 aromatic heterocycles. The molecule has 100 valence electrons. The standard InChI is InChI=1S/C14H10Cl2N4/c15-12-5-1-10(2-6-12)9-20-18-14(17-19-20)11-3-7-13(16)8-4-11/h1-8H,9H2. The summed E-state index contributed by atoms with van der Waals surface area (Å²) in [5, 5.41) is 13.8. The molecule has 0 saturated heterocycles. The van der Waals surface area contributed by atoms with Crippen molar-refractivity contribution in [3.05, 3.63) is 64.1 Å². The SMILES string of the molecule is Clc1ccc(Cn2nnc(-c3ccc(Cl)cc3)n2)cc1. The maximum Gasteiger partial charge on any atom is 0.204 e. The molecule has 0 spiro atoms. The van der Waals surface area contributed by atoms with Crippen molar-refractivity contribution >= 4 is 23.2 Å². The van der Waals surface area contributed by atoms with Crippen molar-refractivity contribution in [2.45, 2.75) is 6.54 Å². The smallest absolute Gasteiger partial charge is 0.159 e. The van der Waals surface area contributed by atoms with Gasteiger partial charge in [-0.15, -0.1) is 10.2 Å². The lowest BCUT2D eigenvalue weighted by atomic mass is 10.2. The Hall–Kier alpha value is -1.91. The Labute approximate surface area is 126 Å². The number of rotatable bonds is 3. The predicted molar refractivity (Wildman–Crippen MR) is 78.8 cm³/mol. The van der Waals surface area contributed by atoms with Gasteiger partial charge in [-0.1, -0.05) is 35.3 Å². The van der Waals surface area contributed by atoms with Gasteiger partial charge in [0.05, 0.1) is 6.54 Å². The van der Waals surface area contributed by atoms with Crippen molar-refractivity contribution < 1.29 is 0 Å². The Bertz CT molecular complexity index is 705. The third-order valence-electron chi connectivity index (χ3n) is 2.79. The summed E-state index contributed by atoms with van der Waals surface area (Å²) in [5.74, 6) is 0.579. The number of tetrazole rings is 1. The number of aromatic nitrogens is 4. The average molecular weight is 305 g/mol. The molecule has 0 unspecified atom stereocenters. The van der Waals surface area contributed by atoms with Gasteiger partial charge in [0.15, 0.2) is 0 Å². The van der Waals surface area contributed by atoms with E-state index in [1.807, 2.05) is 36.4 Å². The largest absolute Gasteiger partial charge is 0.204 e. The lowest BCUT2D eigenvalue weighted by Crippen LogP contribution is -2.03. The van der Waals surface area contributed by atoms with Crippen LogP contribution in [0.5, 0.6) is 0 Å². The summed E-state index contributed by atoms with van der Waals surface area (Å²) in [4.78, 5) is 1.55. The monoisotopic (exact) mass is 304 g/mol. The van der Waals surface area contributed by atoms with E-state index in [2.05, 4.69) is 15.4 Å². The number of hydrogen-bond donors (Lipinski definition) is 0. The molecule has 0 saturated carbocycles. The second-order valence-corrected chi connectivity index (χ2v) is 5.15. The molecular formula is C14H10Cl2N4. The Morgan fingerprint density at radius 1 is 0.850 bits per heavy atom. The second-order valence-electron chi connectivity index (χ2n) is 4.28. The molecule has 0 aliphatic heterocycles. The Morgan fingerprint density at radius 2 is 1.45 bits per heavy atom. The van der Waals surface area contributed by atoms with E-state index in [4.69, 9.17) is 23.2 Å². The molecule has 0 atom stereocenters. The maximum absolute atomic E-state index is 5.85. The van der Waals surface area contributed by atoms with E-state index in [1.54, 1.807) is 16.9 Å². The summed E-state index contributed by atoms with van der Waals surface area (Å²) < 4.78 is 0. The zero-order valence-corrected chi connectivity index (χ0v) is 11.9. The average Bonchev–Trinajstić information content (AvgIpc) is 2.91. The second kappa shape index (κ2) is 5.61. The highest BCUT2D eigenvalue weighted by Crippen LogP contribution is 2.17. The van der Waals surface area contributed by atoms with Crippen LogP contribution in [0, 0.1) is 0 Å². The van der Waals surface area contributed by atoms with Gasteiger partial charge in [-0.3, -0.25) is 0 Å². The van der Waals surface area contributed by atoms with E-state index >= 15 is 0 Å². The highest BCUT2D eigenvalue weighted by atomic mass is 35.5. The van der Waals surface area contributed by atoms with Crippen LogP contribution in [0.25, 0.3) is 11.4 Å². The molecule has 0 fully saturated rings. The summed E-state index contributed by atoms with van der Waals surface area (Å²) in [6.45, 7) is 0.553.